The molecule has 3 rings (SSSR count). The van der Waals surface area contributed by atoms with Crippen molar-refractivity contribution in [3.05, 3.63) is 94.9 Å². The van der Waals surface area contributed by atoms with Gasteiger partial charge in [-0.3, -0.25) is 14.8 Å². The molecule has 1 N–H and O–H groups in total. The molecule has 0 bridgehead atoms. The van der Waals surface area contributed by atoms with Gasteiger partial charge in [0.1, 0.15) is 0 Å². The van der Waals surface area contributed by atoms with Gasteiger partial charge in [0.2, 0.25) is 0 Å². The Hall–Kier alpha value is -3.14. The summed E-state index contributed by atoms with van der Waals surface area (Å²) < 4.78 is 1.60. The highest BCUT2D eigenvalue weighted by Crippen LogP contribution is 2.07. The lowest BCUT2D eigenvalue weighted by Crippen LogP contribution is -2.15. The van der Waals surface area contributed by atoms with Crippen LogP contribution in [0.1, 0.15) is 5.56 Å². The van der Waals surface area contributed by atoms with Gasteiger partial charge >= 0.3 is 0 Å². The second kappa shape index (κ2) is 6.54. The molecular weight excluding hydrogens is 274 g/mol. The zero-order valence-electron chi connectivity index (χ0n) is 11.9. The summed E-state index contributed by atoms with van der Waals surface area (Å²) in [4.78, 5) is 11.8. The molecule has 0 aliphatic rings. The number of para-hydroxylation sites is 1. The highest BCUT2D eigenvalue weighted by molar-refractivity contribution is 5.80. The Labute approximate surface area is 128 Å². The van der Waals surface area contributed by atoms with Crippen LogP contribution in [0.4, 0.5) is 5.69 Å². The second-order valence-electron chi connectivity index (χ2n) is 4.74. The highest BCUT2D eigenvalue weighted by Gasteiger charge is 1.97. The molecule has 0 saturated carbocycles. The van der Waals surface area contributed by atoms with Crippen molar-refractivity contribution in [3.8, 4) is 5.69 Å². The van der Waals surface area contributed by atoms with Crippen LogP contribution < -0.4 is 11.0 Å². The fraction of sp³-hybridized carbons (Fsp3) is 0. The van der Waals surface area contributed by atoms with Crippen molar-refractivity contribution in [1.82, 2.24) is 4.57 Å². The van der Waals surface area contributed by atoms with Gasteiger partial charge in [-0.25, -0.2) is 0 Å². The van der Waals surface area contributed by atoms with Crippen LogP contribution in [0.25, 0.3) is 5.69 Å². The Morgan fingerprint density at radius 1 is 0.864 bits per heavy atom. The van der Waals surface area contributed by atoms with Crippen molar-refractivity contribution in [1.29, 1.82) is 0 Å². The first-order valence-corrected chi connectivity index (χ1v) is 6.95. The van der Waals surface area contributed by atoms with Crippen molar-refractivity contribution in [2.45, 2.75) is 0 Å². The third-order valence-corrected chi connectivity index (χ3v) is 3.17. The standard InChI is InChI=1S/C18H15N3O/c22-18-8-4-5-13-21(18)17-11-9-15(10-12-17)14-19-20-16-6-2-1-3-7-16/h1-14,20H. The maximum atomic E-state index is 11.8. The summed E-state index contributed by atoms with van der Waals surface area (Å²) >= 11 is 0. The van der Waals surface area contributed by atoms with E-state index in [9.17, 15) is 4.79 Å². The largest absolute Gasteiger partial charge is 0.284 e. The summed E-state index contributed by atoms with van der Waals surface area (Å²) in [6.45, 7) is 0. The van der Waals surface area contributed by atoms with E-state index in [0.29, 0.717) is 0 Å². The summed E-state index contributed by atoms with van der Waals surface area (Å²) in [6.07, 6.45) is 3.49. The summed E-state index contributed by atoms with van der Waals surface area (Å²) in [5, 5.41) is 4.19. The molecule has 0 saturated heterocycles. The third-order valence-electron chi connectivity index (χ3n) is 3.17. The molecule has 0 aliphatic heterocycles. The van der Waals surface area contributed by atoms with E-state index in [1.807, 2.05) is 60.7 Å². The lowest BCUT2D eigenvalue weighted by molar-refractivity contribution is 0.990. The van der Waals surface area contributed by atoms with Crippen LogP contribution in [0.2, 0.25) is 0 Å². The monoisotopic (exact) mass is 289 g/mol. The van der Waals surface area contributed by atoms with E-state index >= 15 is 0 Å². The molecule has 0 fully saturated rings. The quantitative estimate of drug-likeness (QED) is 0.592. The van der Waals surface area contributed by atoms with Crippen molar-refractivity contribution in [3.63, 3.8) is 0 Å². The number of hydrogen-bond donors (Lipinski definition) is 1. The van der Waals surface area contributed by atoms with Crippen LogP contribution >= 0.6 is 0 Å². The van der Waals surface area contributed by atoms with E-state index in [-0.39, 0.29) is 5.56 Å². The first-order valence-electron chi connectivity index (χ1n) is 6.95. The van der Waals surface area contributed by atoms with Gasteiger partial charge < -0.3 is 0 Å². The molecule has 4 nitrogen and oxygen atoms in total. The van der Waals surface area contributed by atoms with E-state index in [0.717, 1.165) is 16.9 Å². The molecular formula is C18H15N3O. The smallest absolute Gasteiger partial charge is 0.255 e. The van der Waals surface area contributed by atoms with Gasteiger partial charge in [-0.05, 0) is 35.9 Å². The number of nitrogens with one attached hydrogen (secondary N) is 1. The predicted molar refractivity (Wildman–Crippen MR) is 89.7 cm³/mol. The van der Waals surface area contributed by atoms with E-state index in [1.165, 1.54) is 0 Å². The first-order chi connectivity index (χ1) is 10.8. The van der Waals surface area contributed by atoms with Gasteiger partial charge in [0, 0.05) is 18.0 Å². The molecule has 0 aliphatic carbocycles. The number of hydrogen-bond acceptors (Lipinski definition) is 3. The minimum Gasteiger partial charge on any atom is -0.284 e. The molecule has 3 aromatic rings. The number of nitrogens with zero attached hydrogens (tertiary/aromatic N) is 2. The molecule has 0 unspecified atom stereocenters. The van der Waals surface area contributed by atoms with E-state index < -0.39 is 0 Å². The number of hydrazone groups is 1. The summed E-state index contributed by atoms with van der Waals surface area (Å²) in [6, 6.07) is 22.5. The minimum atomic E-state index is -0.0466. The molecule has 0 amide bonds. The number of benzene rings is 2. The van der Waals surface area contributed by atoms with Crippen LogP contribution in [-0.2, 0) is 0 Å². The van der Waals surface area contributed by atoms with E-state index in [4.69, 9.17) is 0 Å². The zero-order chi connectivity index (χ0) is 15.2. The second-order valence-corrected chi connectivity index (χ2v) is 4.74. The van der Waals surface area contributed by atoms with Crippen LogP contribution in [0.5, 0.6) is 0 Å². The van der Waals surface area contributed by atoms with Crippen molar-refractivity contribution in [2.75, 3.05) is 5.43 Å². The molecule has 0 spiro atoms. The molecule has 1 aromatic heterocycles. The zero-order valence-corrected chi connectivity index (χ0v) is 11.9. The predicted octanol–water partition coefficient (Wildman–Crippen LogP) is 3.28. The maximum absolute atomic E-state index is 11.8. The number of anilines is 1. The van der Waals surface area contributed by atoms with Gasteiger partial charge in [0.25, 0.3) is 5.56 Å². The maximum Gasteiger partial charge on any atom is 0.255 e. The average molecular weight is 289 g/mol. The summed E-state index contributed by atoms with van der Waals surface area (Å²) in [5.41, 5.74) is 5.64. The van der Waals surface area contributed by atoms with Crippen molar-refractivity contribution >= 4 is 11.9 Å². The molecule has 0 atom stereocenters. The molecule has 4 heteroatoms. The van der Waals surface area contributed by atoms with Gasteiger partial charge in [-0.2, -0.15) is 5.10 Å². The van der Waals surface area contributed by atoms with E-state index in [1.54, 1.807) is 29.1 Å². The summed E-state index contributed by atoms with van der Waals surface area (Å²) in [7, 11) is 0. The Kier molecular flexibility index (Phi) is 4.11. The average Bonchev–Trinajstić information content (AvgIpc) is 2.57. The lowest BCUT2D eigenvalue weighted by Gasteiger charge is -2.05. The molecule has 108 valence electrons. The minimum absolute atomic E-state index is 0.0466. The molecule has 2 aromatic carbocycles. The summed E-state index contributed by atoms with van der Waals surface area (Å²) in [5.74, 6) is 0. The molecule has 0 radical (unpaired) electrons. The molecule has 1 heterocycles. The fourth-order valence-electron chi connectivity index (χ4n) is 2.06. The number of aromatic nitrogens is 1. The van der Waals surface area contributed by atoms with Crippen LogP contribution in [0, 0.1) is 0 Å². The normalized spacial score (nSPS) is 10.7. The van der Waals surface area contributed by atoms with Crippen LogP contribution in [-0.4, -0.2) is 10.8 Å². The Balaban J connectivity index is 1.72. The Morgan fingerprint density at radius 2 is 1.59 bits per heavy atom. The Morgan fingerprint density at radius 3 is 2.32 bits per heavy atom. The Bertz CT molecular complexity index is 821. The molecule has 22 heavy (non-hydrogen) atoms. The van der Waals surface area contributed by atoms with Gasteiger partial charge in [-0.15, -0.1) is 0 Å². The van der Waals surface area contributed by atoms with Crippen molar-refractivity contribution < 1.29 is 0 Å². The van der Waals surface area contributed by atoms with E-state index in [2.05, 4.69) is 10.5 Å². The topological polar surface area (TPSA) is 46.4 Å². The SMILES string of the molecule is O=c1ccccn1-c1ccc(C=NNc2ccccc2)cc1. The number of pyridine rings is 1. The third kappa shape index (κ3) is 3.30. The lowest BCUT2D eigenvalue weighted by atomic mass is 10.2. The van der Waals surface area contributed by atoms with Gasteiger partial charge in [0.05, 0.1) is 11.9 Å². The van der Waals surface area contributed by atoms with Crippen LogP contribution in [0.3, 0.4) is 0 Å². The number of rotatable bonds is 4. The highest BCUT2D eigenvalue weighted by atomic mass is 16.1. The van der Waals surface area contributed by atoms with Crippen LogP contribution in [0.15, 0.2) is 88.9 Å². The van der Waals surface area contributed by atoms with Gasteiger partial charge in [-0.1, -0.05) is 36.4 Å². The fourth-order valence-corrected chi connectivity index (χ4v) is 2.06. The van der Waals surface area contributed by atoms with Gasteiger partial charge in [0.15, 0.2) is 0 Å². The van der Waals surface area contributed by atoms with Crippen molar-refractivity contribution in [2.24, 2.45) is 5.10 Å². The first kappa shape index (κ1) is 13.8.